The van der Waals surface area contributed by atoms with Crippen LogP contribution in [0.1, 0.15) is 39.3 Å². The van der Waals surface area contributed by atoms with Crippen LogP contribution < -0.4 is 14.5 Å². The lowest BCUT2D eigenvalue weighted by molar-refractivity contribution is -0.119. The van der Waals surface area contributed by atoms with Gasteiger partial charge in [0.05, 0.1) is 17.7 Å². The molecule has 0 saturated carbocycles. The smallest absolute Gasteiger partial charge is 0.294 e. The molecule has 6 nitrogen and oxygen atoms in total. The minimum atomic E-state index is -0.708. The molecule has 164 valence electrons. The fourth-order valence-corrected chi connectivity index (χ4v) is 3.66. The first-order valence-corrected chi connectivity index (χ1v) is 10.5. The van der Waals surface area contributed by atoms with Gasteiger partial charge in [-0.05, 0) is 55.8 Å². The van der Waals surface area contributed by atoms with E-state index in [0.717, 1.165) is 11.3 Å². The molecule has 1 amide bonds. The Morgan fingerprint density at radius 2 is 1.58 bits per heavy atom. The molecule has 0 spiro atoms. The molecule has 0 fully saturated rings. The molecule has 1 unspecified atom stereocenters. The maximum absolute atomic E-state index is 13.1. The Morgan fingerprint density at radius 3 is 2.06 bits per heavy atom. The van der Waals surface area contributed by atoms with Crippen LogP contribution in [0.2, 0.25) is 0 Å². The molecule has 2 aromatic carbocycles. The highest BCUT2D eigenvalue weighted by molar-refractivity contribution is 6.16. The summed E-state index contributed by atoms with van der Waals surface area (Å²) in [6, 6.07) is 14.1. The summed E-state index contributed by atoms with van der Waals surface area (Å²) in [7, 11) is 3.87. The number of Topliss-reactive ketones (excluding diaryl/α,β-unsaturated/α-hetero) is 1. The first kappa shape index (κ1) is 22.4. The van der Waals surface area contributed by atoms with Gasteiger partial charge < -0.3 is 14.7 Å². The van der Waals surface area contributed by atoms with Crippen molar-refractivity contribution in [3.8, 4) is 5.75 Å². The molecule has 0 aromatic heterocycles. The topological polar surface area (TPSA) is 70.1 Å². The van der Waals surface area contributed by atoms with Crippen LogP contribution in [0.25, 0.3) is 0 Å². The third kappa shape index (κ3) is 4.43. The van der Waals surface area contributed by atoms with Crippen LogP contribution in [-0.4, -0.2) is 37.0 Å². The molecule has 0 aliphatic carbocycles. The summed E-state index contributed by atoms with van der Waals surface area (Å²) in [6.45, 7) is 7.42. The molecule has 0 bridgehead atoms. The van der Waals surface area contributed by atoms with Gasteiger partial charge in [-0.3, -0.25) is 14.5 Å². The summed E-state index contributed by atoms with van der Waals surface area (Å²) < 4.78 is 5.72. The van der Waals surface area contributed by atoms with E-state index >= 15 is 0 Å². The maximum atomic E-state index is 13.1. The van der Waals surface area contributed by atoms with E-state index in [4.69, 9.17) is 4.74 Å². The van der Waals surface area contributed by atoms with Crippen molar-refractivity contribution in [3.63, 3.8) is 0 Å². The zero-order chi connectivity index (χ0) is 22.9. The molecule has 31 heavy (non-hydrogen) atoms. The Kier molecular flexibility index (Phi) is 6.39. The van der Waals surface area contributed by atoms with Crippen molar-refractivity contribution in [1.29, 1.82) is 0 Å². The predicted molar refractivity (Wildman–Crippen MR) is 123 cm³/mol. The molecule has 2 aromatic rings. The number of aliphatic hydroxyl groups is 1. The number of hydrogen-bond acceptors (Lipinski definition) is 5. The van der Waals surface area contributed by atoms with Crippen molar-refractivity contribution in [2.24, 2.45) is 5.92 Å². The Balaban J connectivity index is 2.09. The first-order chi connectivity index (χ1) is 14.6. The average molecular weight is 423 g/mol. The number of amides is 1. The van der Waals surface area contributed by atoms with Gasteiger partial charge in [-0.2, -0.15) is 0 Å². The molecule has 0 radical (unpaired) electrons. The highest BCUT2D eigenvalue weighted by atomic mass is 16.5. The van der Waals surface area contributed by atoms with Crippen LogP contribution in [0.15, 0.2) is 59.9 Å². The van der Waals surface area contributed by atoms with Crippen molar-refractivity contribution >= 4 is 23.1 Å². The summed E-state index contributed by atoms with van der Waals surface area (Å²) in [6.07, 6.45) is 0.0349. The second-order valence-corrected chi connectivity index (χ2v) is 8.51. The quantitative estimate of drug-likeness (QED) is 0.702. The van der Waals surface area contributed by atoms with E-state index < -0.39 is 17.7 Å². The number of benzene rings is 2. The van der Waals surface area contributed by atoms with Crippen molar-refractivity contribution in [2.45, 2.75) is 39.8 Å². The number of carbonyl (C=O) groups excluding carboxylic acids is 2. The summed E-state index contributed by atoms with van der Waals surface area (Å²) in [5.41, 5.74) is 2.46. The van der Waals surface area contributed by atoms with E-state index in [2.05, 4.69) is 0 Å². The van der Waals surface area contributed by atoms with Gasteiger partial charge in [-0.15, -0.1) is 0 Å². The van der Waals surface area contributed by atoms with E-state index in [1.54, 1.807) is 13.8 Å². The molecular formula is C25H30N2O4. The summed E-state index contributed by atoms with van der Waals surface area (Å²) in [4.78, 5) is 29.5. The van der Waals surface area contributed by atoms with Gasteiger partial charge in [0.15, 0.2) is 11.5 Å². The van der Waals surface area contributed by atoms with Gasteiger partial charge >= 0.3 is 0 Å². The molecule has 6 heteroatoms. The van der Waals surface area contributed by atoms with Gasteiger partial charge in [-0.25, -0.2) is 0 Å². The lowest BCUT2D eigenvalue weighted by Gasteiger charge is -2.28. The van der Waals surface area contributed by atoms with E-state index in [-0.39, 0.29) is 23.4 Å². The number of nitrogens with zero attached hydrogens (tertiary/aromatic N) is 2. The number of hydrogen-bond donors (Lipinski definition) is 1. The second-order valence-electron chi connectivity index (χ2n) is 8.51. The summed E-state index contributed by atoms with van der Waals surface area (Å²) >= 11 is 0. The lowest BCUT2D eigenvalue weighted by Crippen LogP contribution is -2.31. The van der Waals surface area contributed by atoms with Crippen molar-refractivity contribution in [1.82, 2.24) is 0 Å². The third-order valence-electron chi connectivity index (χ3n) is 5.21. The fourth-order valence-electron chi connectivity index (χ4n) is 3.66. The molecule has 1 atom stereocenters. The lowest BCUT2D eigenvalue weighted by atomic mass is 9.91. The number of carbonyl (C=O) groups is 2. The van der Waals surface area contributed by atoms with Crippen LogP contribution in [0.3, 0.4) is 0 Å². The Hall–Kier alpha value is -3.28. The van der Waals surface area contributed by atoms with Gasteiger partial charge in [0.25, 0.3) is 5.91 Å². The van der Waals surface area contributed by atoms with Crippen LogP contribution in [0.4, 0.5) is 11.4 Å². The van der Waals surface area contributed by atoms with Crippen LogP contribution >= 0.6 is 0 Å². The fraction of sp³-hybridized carbons (Fsp3) is 0.360. The minimum Gasteiger partial charge on any atom is -0.503 e. The summed E-state index contributed by atoms with van der Waals surface area (Å²) in [5.74, 6) is -0.954. The molecule has 1 heterocycles. The van der Waals surface area contributed by atoms with E-state index in [9.17, 15) is 14.7 Å². The zero-order valence-electron chi connectivity index (χ0n) is 18.9. The predicted octanol–water partition coefficient (Wildman–Crippen LogP) is 4.66. The number of anilines is 2. The van der Waals surface area contributed by atoms with E-state index in [1.165, 1.54) is 4.90 Å². The number of ether oxygens (including phenoxy) is 1. The van der Waals surface area contributed by atoms with E-state index in [0.29, 0.717) is 11.4 Å². The number of ketones is 1. The average Bonchev–Trinajstić information content (AvgIpc) is 2.98. The van der Waals surface area contributed by atoms with Crippen LogP contribution in [-0.2, 0) is 9.59 Å². The summed E-state index contributed by atoms with van der Waals surface area (Å²) in [5, 5.41) is 10.7. The standard InChI is InChI=1S/C25H30N2O4/c1-15(2)23(28)21-22(17-7-13-20(14-8-17)31-16(3)4)27(25(30)24(21)29)19-11-9-18(10-12-19)26(5)6/h7-16,22,29H,1-6H3. The number of rotatable bonds is 7. The first-order valence-electron chi connectivity index (χ1n) is 10.5. The van der Waals surface area contributed by atoms with Crippen molar-refractivity contribution < 1.29 is 19.4 Å². The Morgan fingerprint density at radius 1 is 1.00 bits per heavy atom. The molecule has 1 N–H and O–H groups in total. The van der Waals surface area contributed by atoms with Gasteiger partial charge in [0.2, 0.25) is 0 Å². The largest absolute Gasteiger partial charge is 0.503 e. The highest BCUT2D eigenvalue weighted by Gasteiger charge is 2.44. The monoisotopic (exact) mass is 422 g/mol. The molecule has 0 saturated heterocycles. The van der Waals surface area contributed by atoms with E-state index in [1.807, 2.05) is 81.4 Å². The van der Waals surface area contributed by atoms with Crippen LogP contribution in [0, 0.1) is 5.92 Å². The third-order valence-corrected chi connectivity index (χ3v) is 5.21. The maximum Gasteiger partial charge on any atom is 0.294 e. The Bertz CT molecular complexity index is 989. The SMILES string of the molecule is CC(C)Oc1ccc(C2C(C(=O)C(C)C)=C(O)C(=O)N2c2ccc(N(C)C)cc2)cc1. The highest BCUT2D eigenvalue weighted by Crippen LogP contribution is 2.42. The molecule has 1 aliphatic heterocycles. The van der Waals surface area contributed by atoms with Gasteiger partial charge in [0, 0.05) is 31.4 Å². The molecular weight excluding hydrogens is 392 g/mol. The molecule has 3 rings (SSSR count). The van der Waals surface area contributed by atoms with Crippen LogP contribution in [0.5, 0.6) is 5.75 Å². The minimum absolute atomic E-state index is 0.0349. The second kappa shape index (κ2) is 8.84. The zero-order valence-corrected chi connectivity index (χ0v) is 18.9. The van der Waals surface area contributed by atoms with Crippen molar-refractivity contribution in [2.75, 3.05) is 23.9 Å². The Labute approximate surface area is 183 Å². The normalized spacial score (nSPS) is 16.5. The number of aliphatic hydroxyl groups excluding tert-OH is 1. The van der Waals surface area contributed by atoms with Gasteiger partial charge in [-0.1, -0.05) is 26.0 Å². The molecule has 1 aliphatic rings. The van der Waals surface area contributed by atoms with Gasteiger partial charge in [0.1, 0.15) is 5.75 Å². The van der Waals surface area contributed by atoms with Crippen molar-refractivity contribution in [3.05, 3.63) is 65.4 Å².